The molecule has 3 aliphatic rings. The van der Waals surface area contributed by atoms with Crippen LogP contribution in [0.2, 0.25) is 0 Å². The first-order valence-corrected chi connectivity index (χ1v) is 8.62. The smallest absolute Gasteiger partial charge is 0.251 e. The molecule has 0 unspecified atom stereocenters. The average molecular weight is 300 g/mol. The Labute approximate surface area is 128 Å². The zero-order valence-electron chi connectivity index (χ0n) is 12.2. The molecule has 3 nitrogen and oxygen atoms in total. The van der Waals surface area contributed by atoms with Crippen LogP contribution in [0.25, 0.3) is 10.1 Å². The van der Waals surface area contributed by atoms with Crippen LogP contribution in [0, 0.1) is 5.92 Å². The van der Waals surface area contributed by atoms with E-state index in [1.54, 1.807) is 11.3 Å². The Balaban J connectivity index is 1.54. The maximum absolute atomic E-state index is 12.6. The number of piperidine rings is 3. The van der Waals surface area contributed by atoms with E-state index in [1.165, 1.54) is 36.0 Å². The van der Waals surface area contributed by atoms with Crippen molar-refractivity contribution < 1.29 is 4.79 Å². The number of carbonyl (C=O) groups excluding carboxylic acids is 1. The van der Waals surface area contributed by atoms with Gasteiger partial charge in [0.15, 0.2) is 0 Å². The van der Waals surface area contributed by atoms with Gasteiger partial charge in [0.1, 0.15) is 0 Å². The van der Waals surface area contributed by atoms with Crippen LogP contribution in [0.15, 0.2) is 29.6 Å². The highest BCUT2D eigenvalue weighted by Gasteiger charge is 2.40. The molecule has 3 fully saturated rings. The molecule has 110 valence electrons. The summed E-state index contributed by atoms with van der Waals surface area (Å²) in [4.78, 5) is 15.1. The summed E-state index contributed by atoms with van der Waals surface area (Å²) in [6.45, 7) is 4.64. The maximum Gasteiger partial charge on any atom is 0.251 e. The van der Waals surface area contributed by atoms with Crippen molar-refractivity contribution in [3.05, 3.63) is 35.2 Å². The highest BCUT2D eigenvalue weighted by Crippen LogP contribution is 2.32. The van der Waals surface area contributed by atoms with E-state index in [2.05, 4.69) is 28.6 Å². The normalized spacial score (nSPS) is 31.5. The molecule has 0 saturated carbocycles. The molecular weight excluding hydrogens is 280 g/mol. The molecule has 3 saturated heterocycles. The van der Waals surface area contributed by atoms with Crippen molar-refractivity contribution in [1.82, 2.24) is 10.2 Å². The molecule has 0 radical (unpaired) electrons. The summed E-state index contributed by atoms with van der Waals surface area (Å²) < 4.78 is 1.18. The maximum atomic E-state index is 12.6. The number of hydrogen-bond donors (Lipinski definition) is 1. The molecule has 2 atom stereocenters. The average Bonchev–Trinajstić information content (AvgIpc) is 2.98. The van der Waals surface area contributed by atoms with Crippen molar-refractivity contribution in [3.8, 4) is 0 Å². The third-order valence-electron chi connectivity index (χ3n) is 5.19. The van der Waals surface area contributed by atoms with Crippen molar-refractivity contribution in [1.29, 1.82) is 0 Å². The van der Waals surface area contributed by atoms with Crippen molar-refractivity contribution in [2.45, 2.75) is 31.8 Å². The number of thiophene rings is 1. The lowest BCUT2D eigenvalue weighted by Crippen LogP contribution is -2.62. The number of hydrogen-bond acceptors (Lipinski definition) is 3. The van der Waals surface area contributed by atoms with Crippen LogP contribution in [0.4, 0.5) is 0 Å². The van der Waals surface area contributed by atoms with Gasteiger partial charge in [0.25, 0.3) is 5.91 Å². The van der Waals surface area contributed by atoms with Crippen LogP contribution in [0.3, 0.4) is 0 Å². The fraction of sp³-hybridized carbons (Fsp3) is 0.471. The molecule has 1 aromatic carbocycles. The van der Waals surface area contributed by atoms with E-state index < -0.39 is 0 Å². The van der Waals surface area contributed by atoms with Crippen molar-refractivity contribution >= 4 is 27.3 Å². The number of carbonyl (C=O) groups is 1. The number of fused-ring (bicyclic) bond motifs is 4. The number of amides is 1. The molecule has 0 spiro atoms. The highest BCUT2D eigenvalue weighted by molar-refractivity contribution is 7.17. The minimum atomic E-state index is 0.0795. The molecule has 2 bridgehead atoms. The van der Waals surface area contributed by atoms with E-state index >= 15 is 0 Å². The summed E-state index contributed by atoms with van der Waals surface area (Å²) in [6.07, 6.45) is 2.44. The molecule has 21 heavy (non-hydrogen) atoms. The van der Waals surface area contributed by atoms with Gasteiger partial charge in [0, 0.05) is 22.3 Å². The van der Waals surface area contributed by atoms with Gasteiger partial charge in [-0.25, -0.2) is 0 Å². The van der Waals surface area contributed by atoms with Gasteiger partial charge in [-0.2, -0.15) is 0 Å². The van der Waals surface area contributed by atoms with E-state index in [0.717, 1.165) is 5.56 Å². The Morgan fingerprint density at radius 2 is 2.10 bits per heavy atom. The van der Waals surface area contributed by atoms with Crippen LogP contribution in [-0.2, 0) is 0 Å². The van der Waals surface area contributed by atoms with Crippen LogP contribution in [0.5, 0.6) is 0 Å². The molecule has 3 aliphatic heterocycles. The molecule has 4 heteroatoms. The molecule has 0 aliphatic carbocycles. The monoisotopic (exact) mass is 300 g/mol. The molecule has 5 rings (SSSR count). The zero-order valence-corrected chi connectivity index (χ0v) is 13.0. The largest absolute Gasteiger partial charge is 0.347 e. The second-order valence-electron chi connectivity index (χ2n) is 6.29. The fourth-order valence-electron chi connectivity index (χ4n) is 3.88. The van der Waals surface area contributed by atoms with Crippen molar-refractivity contribution in [2.75, 3.05) is 13.1 Å². The van der Waals surface area contributed by atoms with E-state index in [4.69, 9.17) is 0 Å². The van der Waals surface area contributed by atoms with E-state index in [-0.39, 0.29) is 5.91 Å². The first-order chi connectivity index (χ1) is 10.2. The Morgan fingerprint density at radius 1 is 1.29 bits per heavy atom. The van der Waals surface area contributed by atoms with E-state index in [1.807, 2.05) is 18.2 Å². The zero-order chi connectivity index (χ0) is 14.4. The lowest BCUT2D eigenvalue weighted by molar-refractivity contribution is 0.0217. The van der Waals surface area contributed by atoms with Crippen molar-refractivity contribution in [3.63, 3.8) is 0 Å². The number of benzene rings is 1. The van der Waals surface area contributed by atoms with Gasteiger partial charge in [0.05, 0.1) is 0 Å². The minimum absolute atomic E-state index is 0.0795. The SMILES string of the molecule is C[C@H]1[C@H](NC(=O)c2ccc3ccsc3c2)C2CCN1CC2. The minimum Gasteiger partial charge on any atom is -0.347 e. The van der Waals surface area contributed by atoms with Crippen LogP contribution >= 0.6 is 11.3 Å². The van der Waals surface area contributed by atoms with Crippen LogP contribution < -0.4 is 5.32 Å². The van der Waals surface area contributed by atoms with Crippen LogP contribution in [-0.4, -0.2) is 36.0 Å². The second-order valence-corrected chi connectivity index (χ2v) is 7.23. The third-order valence-corrected chi connectivity index (χ3v) is 6.07. The van der Waals surface area contributed by atoms with Crippen molar-refractivity contribution in [2.24, 2.45) is 5.92 Å². The molecule has 1 N–H and O–H groups in total. The van der Waals surface area contributed by atoms with Gasteiger partial charge >= 0.3 is 0 Å². The summed E-state index contributed by atoms with van der Waals surface area (Å²) >= 11 is 1.69. The lowest BCUT2D eigenvalue weighted by Gasteiger charge is -2.49. The third kappa shape index (κ3) is 2.27. The summed E-state index contributed by atoms with van der Waals surface area (Å²) in [5.74, 6) is 0.732. The summed E-state index contributed by atoms with van der Waals surface area (Å²) in [5.41, 5.74) is 0.786. The number of rotatable bonds is 2. The number of nitrogens with one attached hydrogen (secondary N) is 1. The number of nitrogens with zero attached hydrogens (tertiary/aromatic N) is 1. The molecular formula is C17H20N2OS. The van der Waals surface area contributed by atoms with Gasteiger partial charge in [-0.3, -0.25) is 9.69 Å². The summed E-state index contributed by atoms with van der Waals surface area (Å²) in [6, 6.07) is 8.86. The first kappa shape index (κ1) is 13.3. The standard InChI is InChI=1S/C17H20N2OS/c1-11-16(13-4-7-19(11)8-5-13)18-17(20)14-3-2-12-6-9-21-15(12)10-14/h2-3,6,9-11,13,16H,4-5,7-8H2,1H3,(H,18,20)/t11-,16-/m0/s1. The van der Waals surface area contributed by atoms with Gasteiger partial charge in [-0.05, 0) is 67.7 Å². The van der Waals surface area contributed by atoms with Gasteiger partial charge in [-0.1, -0.05) is 6.07 Å². The molecule has 1 aromatic heterocycles. The fourth-order valence-corrected chi connectivity index (χ4v) is 4.70. The Morgan fingerprint density at radius 3 is 2.86 bits per heavy atom. The Bertz CT molecular complexity index is 670. The summed E-state index contributed by atoms with van der Waals surface area (Å²) in [5, 5.41) is 6.58. The Hall–Kier alpha value is -1.39. The van der Waals surface area contributed by atoms with Gasteiger partial charge in [0.2, 0.25) is 0 Å². The van der Waals surface area contributed by atoms with E-state index in [9.17, 15) is 4.79 Å². The van der Waals surface area contributed by atoms with E-state index in [0.29, 0.717) is 18.0 Å². The molecule has 4 heterocycles. The van der Waals surface area contributed by atoms with Crippen LogP contribution in [0.1, 0.15) is 30.1 Å². The van der Waals surface area contributed by atoms with Gasteiger partial charge < -0.3 is 5.32 Å². The predicted octanol–water partition coefficient (Wildman–Crippen LogP) is 3.11. The quantitative estimate of drug-likeness (QED) is 0.924. The highest BCUT2D eigenvalue weighted by atomic mass is 32.1. The Kier molecular flexibility index (Phi) is 3.23. The first-order valence-electron chi connectivity index (χ1n) is 7.74. The van der Waals surface area contributed by atoms with Gasteiger partial charge in [-0.15, -0.1) is 11.3 Å². The predicted molar refractivity (Wildman–Crippen MR) is 86.8 cm³/mol. The molecule has 2 aromatic rings. The second kappa shape index (κ2) is 5.11. The molecule has 1 amide bonds. The lowest BCUT2D eigenvalue weighted by atomic mass is 9.79. The topological polar surface area (TPSA) is 32.3 Å². The summed E-state index contributed by atoms with van der Waals surface area (Å²) in [7, 11) is 0.